The first-order valence-corrected chi connectivity index (χ1v) is 9.87. The Bertz CT molecular complexity index is 838. The maximum atomic E-state index is 11.2. The molecule has 0 saturated heterocycles. The number of alkyl halides is 3. The van der Waals surface area contributed by atoms with Gasteiger partial charge in [-0.3, -0.25) is 4.79 Å². The number of ether oxygens (including phenoxy) is 2. The smallest absolute Gasteiger partial charge is 0.341 e. The summed E-state index contributed by atoms with van der Waals surface area (Å²) < 4.78 is 9.09. The van der Waals surface area contributed by atoms with Gasteiger partial charge < -0.3 is 14.6 Å². The third-order valence-electron chi connectivity index (χ3n) is 4.26. The number of benzene rings is 2. The number of aliphatic carboxylic acids is 1. The summed E-state index contributed by atoms with van der Waals surface area (Å²) >= 11 is 19.1. The fourth-order valence-corrected chi connectivity index (χ4v) is 3.59. The van der Waals surface area contributed by atoms with Crippen molar-refractivity contribution in [1.82, 2.24) is 0 Å². The summed E-state index contributed by atoms with van der Waals surface area (Å²) in [5.41, 5.74) is 3.11. The van der Waals surface area contributed by atoms with E-state index in [9.17, 15) is 9.59 Å². The van der Waals surface area contributed by atoms with Crippen molar-refractivity contribution in [1.29, 1.82) is 0 Å². The first-order chi connectivity index (χ1) is 13.5. The number of ketones is 1. The van der Waals surface area contributed by atoms with Crippen LogP contribution in [0, 0.1) is 13.8 Å². The van der Waals surface area contributed by atoms with Gasteiger partial charge in [-0.2, -0.15) is 0 Å². The number of hydrogen-bond acceptors (Lipinski definition) is 4. The maximum absolute atomic E-state index is 11.2. The molecule has 0 amide bonds. The lowest BCUT2D eigenvalue weighted by molar-refractivity contribution is -0.139. The van der Waals surface area contributed by atoms with Crippen molar-refractivity contribution in [3.63, 3.8) is 0 Å². The molecule has 2 aromatic carbocycles. The number of carboxylic acids is 1. The number of hydrogen-bond donors (Lipinski definition) is 1. The minimum Gasteiger partial charge on any atom is -0.486 e. The summed E-state index contributed by atoms with van der Waals surface area (Å²) in [6, 6.07) is 10.4. The van der Waals surface area contributed by atoms with Crippen LogP contribution in [0.5, 0.6) is 11.5 Å². The number of carboxylic acid groups (broad SMARTS) is 1. The van der Waals surface area contributed by atoms with Crippen molar-refractivity contribution in [2.24, 2.45) is 0 Å². The van der Waals surface area contributed by atoms with E-state index in [0.29, 0.717) is 22.6 Å². The van der Waals surface area contributed by atoms with Crippen LogP contribution in [-0.4, -0.2) is 33.9 Å². The van der Waals surface area contributed by atoms with Crippen LogP contribution >= 0.6 is 34.8 Å². The standard InChI is InChI=1S/C21H21Cl3O5/c1-12-4-6-15(28-10-14(3)25)8-17(12)20(21(22,23)24)18-9-16(7-5-13(18)2)29-11-19(26)27/h4-9,20H,10-11H2,1-3H3,(H,26,27). The van der Waals surface area contributed by atoms with Crippen LogP contribution in [0.4, 0.5) is 0 Å². The minimum absolute atomic E-state index is 0.0571. The van der Waals surface area contributed by atoms with Crippen molar-refractivity contribution in [3.8, 4) is 11.5 Å². The van der Waals surface area contributed by atoms with Gasteiger partial charge in [-0.25, -0.2) is 4.79 Å². The molecule has 0 saturated carbocycles. The molecule has 8 heteroatoms. The number of rotatable bonds is 8. The zero-order chi connectivity index (χ0) is 21.8. The molecule has 0 aliphatic rings. The van der Waals surface area contributed by atoms with Crippen molar-refractivity contribution in [3.05, 3.63) is 58.7 Å². The fourth-order valence-electron chi connectivity index (χ4n) is 2.89. The lowest BCUT2D eigenvalue weighted by Gasteiger charge is -2.29. The number of Topliss-reactive ketones (excluding diaryl/α,β-unsaturated/α-hetero) is 1. The lowest BCUT2D eigenvalue weighted by Crippen LogP contribution is -2.21. The Morgan fingerprint density at radius 1 is 0.931 bits per heavy atom. The van der Waals surface area contributed by atoms with Crippen LogP contribution in [0.2, 0.25) is 0 Å². The van der Waals surface area contributed by atoms with E-state index in [4.69, 9.17) is 49.4 Å². The third kappa shape index (κ3) is 6.53. The van der Waals surface area contributed by atoms with Crippen LogP contribution in [0.3, 0.4) is 0 Å². The molecule has 156 valence electrons. The quantitative estimate of drug-likeness (QED) is 0.547. The van der Waals surface area contributed by atoms with Crippen molar-refractivity contribution in [2.45, 2.75) is 30.5 Å². The second-order valence-corrected chi connectivity index (χ2v) is 9.05. The summed E-state index contributed by atoms with van der Waals surface area (Å²) in [4.78, 5) is 22.0. The predicted molar refractivity (Wildman–Crippen MR) is 114 cm³/mol. The molecular weight excluding hydrogens is 439 g/mol. The van der Waals surface area contributed by atoms with Gasteiger partial charge in [0.1, 0.15) is 18.1 Å². The van der Waals surface area contributed by atoms with Gasteiger partial charge >= 0.3 is 5.97 Å². The summed E-state index contributed by atoms with van der Waals surface area (Å²) in [6.07, 6.45) is 0. The SMILES string of the molecule is CC(=O)COc1ccc(C)c(C(c2cc(OCC(=O)O)ccc2C)C(Cl)(Cl)Cl)c1. The van der Waals surface area contributed by atoms with E-state index in [-0.39, 0.29) is 12.4 Å². The summed E-state index contributed by atoms with van der Waals surface area (Å²) in [5, 5.41) is 8.85. The predicted octanol–water partition coefficient (Wildman–Crippen LogP) is 5.24. The highest BCUT2D eigenvalue weighted by molar-refractivity contribution is 6.68. The summed E-state index contributed by atoms with van der Waals surface area (Å²) in [7, 11) is 0. The van der Waals surface area contributed by atoms with Crippen molar-refractivity contribution in [2.75, 3.05) is 13.2 Å². The van der Waals surface area contributed by atoms with E-state index in [2.05, 4.69) is 0 Å². The number of carbonyl (C=O) groups excluding carboxylic acids is 1. The van der Waals surface area contributed by atoms with Crippen LogP contribution < -0.4 is 9.47 Å². The number of aryl methyl sites for hydroxylation is 2. The van der Waals surface area contributed by atoms with E-state index in [1.165, 1.54) is 6.92 Å². The molecule has 2 rings (SSSR count). The number of halogens is 3. The van der Waals surface area contributed by atoms with Gasteiger partial charge in [-0.1, -0.05) is 46.9 Å². The van der Waals surface area contributed by atoms with Crippen LogP contribution in [0.1, 0.15) is 35.1 Å². The summed E-state index contributed by atoms with van der Waals surface area (Å²) in [5.74, 6) is -1.04. The minimum atomic E-state index is -1.71. The normalized spacial score (nSPS) is 12.3. The first kappa shape index (κ1) is 23.3. The topological polar surface area (TPSA) is 72.8 Å². The highest BCUT2D eigenvalue weighted by atomic mass is 35.6. The summed E-state index contributed by atoms with van der Waals surface area (Å²) in [6.45, 7) is 4.65. The Balaban J connectivity index is 2.53. The van der Waals surface area contributed by atoms with Crippen LogP contribution in [0.15, 0.2) is 36.4 Å². The van der Waals surface area contributed by atoms with E-state index >= 15 is 0 Å². The Morgan fingerprint density at radius 3 is 1.76 bits per heavy atom. The molecule has 2 aromatic rings. The average molecular weight is 460 g/mol. The molecule has 5 nitrogen and oxygen atoms in total. The van der Waals surface area contributed by atoms with Gasteiger partial charge in [0, 0.05) is 0 Å². The molecule has 0 fully saturated rings. The Hall–Kier alpha value is -1.95. The van der Waals surface area contributed by atoms with E-state index in [1.807, 2.05) is 19.9 Å². The van der Waals surface area contributed by atoms with Gasteiger partial charge in [-0.15, -0.1) is 0 Å². The van der Waals surface area contributed by atoms with E-state index < -0.39 is 22.3 Å². The van der Waals surface area contributed by atoms with Crippen LogP contribution in [0.25, 0.3) is 0 Å². The zero-order valence-corrected chi connectivity index (χ0v) is 18.4. The lowest BCUT2D eigenvalue weighted by atomic mass is 9.87. The van der Waals surface area contributed by atoms with E-state index in [1.54, 1.807) is 30.3 Å². The van der Waals surface area contributed by atoms with Crippen LogP contribution in [-0.2, 0) is 9.59 Å². The molecule has 1 atom stereocenters. The van der Waals surface area contributed by atoms with Crippen molar-refractivity contribution >= 4 is 46.6 Å². The molecule has 1 N–H and O–H groups in total. The molecule has 0 radical (unpaired) electrons. The molecule has 0 aliphatic heterocycles. The molecule has 29 heavy (non-hydrogen) atoms. The molecule has 0 spiro atoms. The van der Waals surface area contributed by atoms with Gasteiger partial charge in [0.15, 0.2) is 12.4 Å². The molecule has 0 heterocycles. The van der Waals surface area contributed by atoms with Gasteiger partial charge in [0.05, 0.1) is 5.92 Å². The second-order valence-electron chi connectivity index (χ2n) is 6.68. The van der Waals surface area contributed by atoms with E-state index in [0.717, 1.165) is 11.1 Å². The van der Waals surface area contributed by atoms with Gasteiger partial charge in [0.2, 0.25) is 3.79 Å². The largest absolute Gasteiger partial charge is 0.486 e. The zero-order valence-electron chi connectivity index (χ0n) is 16.2. The van der Waals surface area contributed by atoms with Gasteiger partial charge in [0.25, 0.3) is 0 Å². The third-order valence-corrected chi connectivity index (χ3v) is 4.91. The maximum Gasteiger partial charge on any atom is 0.341 e. The Labute approximate surface area is 184 Å². The fraction of sp³-hybridized carbons (Fsp3) is 0.333. The monoisotopic (exact) mass is 458 g/mol. The average Bonchev–Trinajstić information content (AvgIpc) is 2.61. The molecule has 0 aromatic heterocycles. The highest BCUT2D eigenvalue weighted by Crippen LogP contribution is 2.48. The number of carbonyl (C=O) groups is 2. The molecule has 0 aliphatic carbocycles. The molecule has 0 bridgehead atoms. The highest BCUT2D eigenvalue weighted by Gasteiger charge is 2.37. The second kappa shape index (κ2) is 9.70. The van der Waals surface area contributed by atoms with Crippen molar-refractivity contribution < 1.29 is 24.2 Å². The Kier molecular flexibility index (Phi) is 7.80. The molecular formula is C21H21Cl3O5. The molecule has 1 unspecified atom stereocenters. The Morgan fingerprint density at radius 2 is 1.38 bits per heavy atom. The first-order valence-electron chi connectivity index (χ1n) is 8.73. The van der Waals surface area contributed by atoms with Gasteiger partial charge in [-0.05, 0) is 67.3 Å².